The Bertz CT molecular complexity index is 876. The highest BCUT2D eigenvalue weighted by atomic mass is 32.1. The highest BCUT2D eigenvalue weighted by Crippen LogP contribution is 2.18. The molecule has 1 heterocycles. The van der Waals surface area contributed by atoms with Crippen LogP contribution in [0.1, 0.15) is 11.1 Å². The summed E-state index contributed by atoms with van der Waals surface area (Å²) in [5.74, 6) is 1.49. The summed E-state index contributed by atoms with van der Waals surface area (Å²) in [6.45, 7) is 2.04. The number of H-pyrrole nitrogens is 1. The molecule has 3 aromatic rings. The Labute approximate surface area is 139 Å². The van der Waals surface area contributed by atoms with E-state index in [1.54, 1.807) is 18.0 Å². The van der Waals surface area contributed by atoms with Crippen LogP contribution in [0.2, 0.25) is 0 Å². The number of hydrogen-bond acceptors (Lipinski definition) is 4. The fourth-order valence-electron chi connectivity index (χ4n) is 2.10. The summed E-state index contributed by atoms with van der Waals surface area (Å²) in [6, 6.07) is 15.7. The van der Waals surface area contributed by atoms with Crippen molar-refractivity contribution >= 4 is 18.4 Å². The van der Waals surface area contributed by atoms with E-state index < -0.39 is 0 Å². The van der Waals surface area contributed by atoms with Gasteiger partial charge in [-0.05, 0) is 49.0 Å². The maximum Gasteiger partial charge on any atom is 0.216 e. The highest BCUT2D eigenvalue weighted by molar-refractivity contribution is 7.71. The van der Waals surface area contributed by atoms with Crippen LogP contribution in [0, 0.1) is 11.7 Å². The molecule has 116 valence electrons. The van der Waals surface area contributed by atoms with Crippen LogP contribution in [-0.4, -0.2) is 28.2 Å². The first-order chi connectivity index (χ1) is 11.2. The van der Waals surface area contributed by atoms with Gasteiger partial charge in [0.05, 0.1) is 13.3 Å². The number of methoxy groups -OCH3 is 1. The summed E-state index contributed by atoms with van der Waals surface area (Å²) in [4.78, 5) is 0. The molecule has 23 heavy (non-hydrogen) atoms. The number of rotatable bonds is 4. The molecule has 0 radical (unpaired) electrons. The van der Waals surface area contributed by atoms with Crippen molar-refractivity contribution in [3.63, 3.8) is 0 Å². The standard InChI is InChI=1S/C17H16N4OS/c1-12-3-7-14(8-4-12)16-19-20-17(23)21(16)18-11-13-5-9-15(22-2)10-6-13/h3-11H,1-2H3,(H,20,23)/b18-11+. The van der Waals surface area contributed by atoms with Crippen LogP contribution in [-0.2, 0) is 0 Å². The molecule has 0 aliphatic rings. The number of hydrogen-bond donors (Lipinski definition) is 1. The van der Waals surface area contributed by atoms with Gasteiger partial charge in [-0.1, -0.05) is 29.8 Å². The summed E-state index contributed by atoms with van der Waals surface area (Å²) in [5, 5.41) is 11.5. The molecule has 0 aliphatic heterocycles. The van der Waals surface area contributed by atoms with E-state index in [9.17, 15) is 0 Å². The van der Waals surface area contributed by atoms with Crippen LogP contribution in [0.3, 0.4) is 0 Å². The van der Waals surface area contributed by atoms with Gasteiger partial charge in [0, 0.05) is 5.56 Å². The molecule has 3 rings (SSSR count). The van der Waals surface area contributed by atoms with Gasteiger partial charge in [0.1, 0.15) is 5.75 Å². The van der Waals surface area contributed by atoms with Gasteiger partial charge >= 0.3 is 0 Å². The van der Waals surface area contributed by atoms with Crippen LogP contribution < -0.4 is 4.74 Å². The van der Waals surface area contributed by atoms with Crippen LogP contribution in [0.5, 0.6) is 5.75 Å². The van der Waals surface area contributed by atoms with Crippen molar-refractivity contribution in [2.24, 2.45) is 5.10 Å². The van der Waals surface area contributed by atoms with E-state index in [0.29, 0.717) is 10.6 Å². The second kappa shape index (κ2) is 6.58. The maximum absolute atomic E-state index is 5.26. The molecule has 0 amide bonds. The van der Waals surface area contributed by atoms with Gasteiger partial charge in [0.2, 0.25) is 4.77 Å². The molecule has 2 aromatic carbocycles. The van der Waals surface area contributed by atoms with Crippen molar-refractivity contribution in [3.05, 3.63) is 64.4 Å². The molecular weight excluding hydrogens is 308 g/mol. The fraction of sp³-hybridized carbons (Fsp3) is 0.118. The second-order valence-corrected chi connectivity index (χ2v) is 5.43. The molecular formula is C17H16N4OS. The molecule has 6 heteroatoms. The molecule has 0 saturated carbocycles. The number of aromatic nitrogens is 3. The van der Waals surface area contributed by atoms with Gasteiger partial charge in [0.15, 0.2) is 5.82 Å². The van der Waals surface area contributed by atoms with Crippen LogP contribution in [0.25, 0.3) is 11.4 Å². The Kier molecular flexibility index (Phi) is 4.34. The average Bonchev–Trinajstić information content (AvgIpc) is 2.95. The normalized spacial score (nSPS) is 11.0. The molecule has 0 saturated heterocycles. The summed E-state index contributed by atoms with van der Waals surface area (Å²) in [5.41, 5.74) is 3.09. The van der Waals surface area contributed by atoms with E-state index >= 15 is 0 Å². The first kappa shape index (κ1) is 15.2. The Hall–Kier alpha value is -2.73. The van der Waals surface area contributed by atoms with E-state index in [1.165, 1.54) is 5.56 Å². The molecule has 0 unspecified atom stereocenters. The van der Waals surface area contributed by atoms with Crippen molar-refractivity contribution in [3.8, 4) is 17.1 Å². The van der Waals surface area contributed by atoms with E-state index in [4.69, 9.17) is 17.0 Å². The number of aromatic amines is 1. The van der Waals surface area contributed by atoms with Crippen LogP contribution in [0.4, 0.5) is 0 Å². The Morgan fingerprint density at radius 1 is 1.13 bits per heavy atom. The Morgan fingerprint density at radius 3 is 2.48 bits per heavy atom. The molecule has 0 atom stereocenters. The van der Waals surface area contributed by atoms with Gasteiger partial charge in [-0.3, -0.25) is 0 Å². The average molecular weight is 324 g/mol. The molecule has 0 bridgehead atoms. The quantitative estimate of drug-likeness (QED) is 0.586. The summed E-state index contributed by atoms with van der Waals surface area (Å²) < 4.78 is 7.21. The molecule has 1 aromatic heterocycles. The van der Waals surface area contributed by atoms with E-state index in [0.717, 1.165) is 16.9 Å². The third-order valence-electron chi connectivity index (χ3n) is 3.40. The minimum atomic E-state index is 0.449. The SMILES string of the molecule is COc1ccc(/C=N/n2c(-c3ccc(C)cc3)n[nH]c2=S)cc1. The van der Waals surface area contributed by atoms with Gasteiger partial charge in [-0.2, -0.15) is 14.9 Å². The van der Waals surface area contributed by atoms with Crippen molar-refractivity contribution in [2.45, 2.75) is 6.92 Å². The lowest BCUT2D eigenvalue weighted by molar-refractivity contribution is 0.415. The number of benzene rings is 2. The van der Waals surface area contributed by atoms with Gasteiger partial charge < -0.3 is 4.74 Å². The topological polar surface area (TPSA) is 55.2 Å². The first-order valence-corrected chi connectivity index (χ1v) is 7.51. The van der Waals surface area contributed by atoms with Gasteiger partial charge in [-0.25, -0.2) is 5.10 Å². The minimum absolute atomic E-state index is 0.449. The van der Waals surface area contributed by atoms with Crippen molar-refractivity contribution in [1.29, 1.82) is 0 Å². The highest BCUT2D eigenvalue weighted by Gasteiger charge is 2.07. The third kappa shape index (κ3) is 3.37. The Balaban J connectivity index is 1.93. The monoisotopic (exact) mass is 324 g/mol. The first-order valence-electron chi connectivity index (χ1n) is 7.10. The fourth-order valence-corrected chi connectivity index (χ4v) is 2.28. The lowest BCUT2D eigenvalue weighted by Crippen LogP contribution is -1.95. The van der Waals surface area contributed by atoms with E-state index in [-0.39, 0.29) is 0 Å². The summed E-state index contributed by atoms with van der Waals surface area (Å²) >= 11 is 5.26. The number of nitrogens with one attached hydrogen (secondary N) is 1. The lowest BCUT2D eigenvalue weighted by Gasteiger charge is -2.02. The van der Waals surface area contributed by atoms with Crippen LogP contribution >= 0.6 is 12.2 Å². The smallest absolute Gasteiger partial charge is 0.216 e. The minimum Gasteiger partial charge on any atom is -0.497 e. The van der Waals surface area contributed by atoms with Crippen molar-refractivity contribution in [1.82, 2.24) is 14.9 Å². The van der Waals surface area contributed by atoms with E-state index in [2.05, 4.69) is 15.3 Å². The van der Waals surface area contributed by atoms with Crippen molar-refractivity contribution < 1.29 is 4.74 Å². The summed E-state index contributed by atoms with van der Waals surface area (Å²) in [6.07, 6.45) is 1.74. The predicted octanol–water partition coefficient (Wildman–Crippen LogP) is 3.81. The zero-order chi connectivity index (χ0) is 16.2. The molecule has 5 nitrogen and oxygen atoms in total. The van der Waals surface area contributed by atoms with Crippen molar-refractivity contribution in [2.75, 3.05) is 7.11 Å². The van der Waals surface area contributed by atoms with Gasteiger partial charge in [-0.15, -0.1) is 0 Å². The molecule has 0 fully saturated rings. The summed E-state index contributed by atoms with van der Waals surface area (Å²) in [7, 11) is 1.64. The predicted molar refractivity (Wildman–Crippen MR) is 93.6 cm³/mol. The molecule has 0 spiro atoms. The largest absolute Gasteiger partial charge is 0.497 e. The van der Waals surface area contributed by atoms with Crippen LogP contribution in [0.15, 0.2) is 53.6 Å². The number of nitrogens with zero attached hydrogens (tertiary/aromatic N) is 3. The van der Waals surface area contributed by atoms with Gasteiger partial charge in [0.25, 0.3) is 0 Å². The lowest BCUT2D eigenvalue weighted by atomic mass is 10.1. The number of aryl methyl sites for hydroxylation is 1. The zero-order valence-corrected chi connectivity index (χ0v) is 13.7. The maximum atomic E-state index is 5.26. The molecule has 1 N–H and O–H groups in total. The zero-order valence-electron chi connectivity index (χ0n) is 12.9. The second-order valence-electron chi connectivity index (χ2n) is 5.05. The Morgan fingerprint density at radius 2 is 1.83 bits per heavy atom. The molecule has 0 aliphatic carbocycles. The van der Waals surface area contributed by atoms with E-state index in [1.807, 2.05) is 55.5 Å². The third-order valence-corrected chi connectivity index (χ3v) is 3.66. The number of ether oxygens (including phenoxy) is 1.